The first kappa shape index (κ1) is 14.6. The monoisotopic (exact) mass is 291 g/mol. The van der Waals surface area contributed by atoms with Gasteiger partial charge < -0.3 is 14.6 Å². The molecule has 0 bridgehead atoms. The standard InChI is InChI=1S/C16H25N3O2/c1-16(5-3-6-17-13-16)15(20)19-9-7-18(8-10-19)12-14-4-2-11-21-14/h2,4,11,17H,3,5-10,12-13H2,1H3. The van der Waals surface area contributed by atoms with Gasteiger partial charge in [0.25, 0.3) is 0 Å². The number of furan rings is 1. The Balaban J connectivity index is 1.52. The van der Waals surface area contributed by atoms with Crippen molar-refractivity contribution < 1.29 is 9.21 Å². The summed E-state index contributed by atoms with van der Waals surface area (Å²) in [4.78, 5) is 17.1. The fraction of sp³-hybridized carbons (Fsp3) is 0.688. The van der Waals surface area contributed by atoms with E-state index in [1.807, 2.05) is 17.0 Å². The van der Waals surface area contributed by atoms with E-state index in [2.05, 4.69) is 17.1 Å². The molecule has 0 aliphatic carbocycles. The molecule has 0 radical (unpaired) electrons. The van der Waals surface area contributed by atoms with Crippen LogP contribution in [0.25, 0.3) is 0 Å². The van der Waals surface area contributed by atoms with Crippen LogP contribution < -0.4 is 5.32 Å². The molecule has 1 unspecified atom stereocenters. The van der Waals surface area contributed by atoms with Gasteiger partial charge in [-0.05, 0) is 38.4 Å². The number of piperazine rings is 1. The lowest BCUT2D eigenvalue weighted by Gasteiger charge is -2.41. The third-order valence-electron chi connectivity index (χ3n) is 4.73. The second-order valence-corrected chi connectivity index (χ2v) is 6.49. The lowest BCUT2D eigenvalue weighted by atomic mass is 9.81. The highest BCUT2D eigenvalue weighted by atomic mass is 16.3. The zero-order valence-corrected chi connectivity index (χ0v) is 12.8. The van der Waals surface area contributed by atoms with Crippen molar-refractivity contribution in [1.29, 1.82) is 0 Å². The predicted molar refractivity (Wildman–Crippen MR) is 80.8 cm³/mol. The summed E-state index contributed by atoms with van der Waals surface area (Å²) in [6.45, 7) is 8.32. The minimum Gasteiger partial charge on any atom is -0.468 e. The van der Waals surface area contributed by atoms with Crippen LogP contribution in [-0.4, -0.2) is 55.0 Å². The van der Waals surface area contributed by atoms with Crippen LogP contribution in [0.5, 0.6) is 0 Å². The average Bonchev–Trinajstić information content (AvgIpc) is 3.01. The Morgan fingerprint density at radius 2 is 2.19 bits per heavy atom. The molecule has 2 aliphatic heterocycles. The Bertz CT molecular complexity index is 458. The summed E-state index contributed by atoms with van der Waals surface area (Å²) < 4.78 is 5.39. The van der Waals surface area contributed by atoms with Gasteiger partial charge in [0.05, 0.1) is 18.2 Å². The first-order valence-electron chi connectivity index (χ1n) is 7.92. The number of amides is 1. The fourth-order valence-electron chi connectivity index (χ4n) is 3.35. The highest BCUT2D eigenvalue weighted by molar-refractivity contribution is 5.82. The Morgan fingerprint density at radius 1 is 1.38 bits per heavy atom. The third kappa shape index (κ3) is 3.30. The zero-order chi connectivity index (χ0) is 14.7. The number of hydrogen-bond acceptors (Lipinski definition) is 4. The Labute approximate surface area is 126 Å². The molecule has 2 fully saturated rings. The molecule has 0 spiro atoms. The molecule has 1 N–H and O–H groups in total. The maximum Gasteiger partial charge on any atom is 0.229 e. The summed E-state index contributed by atoms with van der Waals surface area (Å²) in [6, 6.07) is 3.93. The number of nitrogens with zero attached hydrogens (tertiary/aromatic N) is 2. The summed E-state index contributed by atoms with van der Waals surface area (Å²) in [6.07, 6.45) is 3.82. The molecule has 1 aromatic rings. The largest absolute Gasteiger partial charge is 0.468 e. The van der Waals surface area contributed by atoms with Gasteiger partial charge >= 0.3 is 0 Å². The molecule has 21 heavy (non-hydrogen) atoms. The van der Waals surface area contributed by atoms with Gasteiger partial charge in [-0.1, -0.05) is 0 Å². The molecule has 0 aromatic carbocycles. The van der Waals surface area contributed by atoms with Crippen molar-refractivity contribution in [3.63, 3.8) is 0 Å². The van der Waals surface area contributed by atoms with Gasteiger partial charge in [0.15, 0.2) is 0 Å². The second-order valence-electron chi connectivity index (χ2n) is 6.49. The van der Waals surface area contributed by atoms with E-state index in [-0.39, 0.29) is 5.41 Å². The van der Waals surface area contributed by atoms with Crippen molar-refractivity contribution in [2.75, 3.05) is 39.3 Å². The third-order valence-corrected chi connectivity index (χ3v) is 4.73. The quantitative estimate of drug-likeness (QED) is 0.912. The molecule has 5 heteroatoms. The molecule has 116 valence electrons. The van der Waals surface area contributed by atoms with E-state index in [9.17, 15) is 4.79 Å². The van der Waals surface area contributed by atoms with Crippen LogP contribution in [0.3, 0.4) is 0 Å². The Morgan fingerprint density at radius 3 is 2.81 bits per heavy atom. The van der Waals surface area contributed by atoms with Crippen molar-refractivity contribution >= 4 is 5.91 Å². The van der Waals surface area contributed by atoms with E-state index in [1.165, 1.54) is 0 Å². The van der Waals surface area contributed by atoms with Crippen LogP contribution >= 0.6 is 0 Å². The number of rotatable bonds is 3. The molecule has 2 aliphatic rings. The molecular formula is C16H25N3O2. The highest BCUT2D eigenvalue weighted by Crippen LogP contribution is 2.28. The highest BCUT2D eigenvalue weighted by Gasteiger charge is 2.38. The lowest BCUT2D eigenvalue weighted by molar-refractivity contribution is -0.144. The van der Waals surface area contributed by atoms with Crippen molar-refractivity contribution in [3.05, 3.63) is 24.2 Å². The number of hydrogen-bond donors (Lipinski definition) is 1. The molecule has 1 aromatic heterocycles. The Kier molecular flexibility index (Phi) is 4.31. The van der Waals surface area contributed by atoms with Crippen LogP contribution in [0.2, 0.25) is 0 Å². The molecule has 1 amide bonds. The summed E-state index contributed by atoms with van der Waals surface area (Å²) >= 11 is 0. The van der Waals surface area contributed by atoms with E-state index in [0.29, 0.717) is 5.91 Å². The van der Waals surface area contributed by atoms with Gasteiger partial charge in [0.1, 0.15) is 5.76 Å². The van der Waals surface area contributed by atoms with Gasteiger partial charge in [-0.2, -0.15) is 0 Å². The zero-order valence-electron chi connectivity index (χ0n) is 12.8. The van der Waals surface area contributed by atoms with E-state index in [0.717, 1.165) is 64.4 Å². The van der Waals surface area contributed by atoms with Crippen LogP contribution in [-0.2, 0) is 11.3 Å². The summed E-state index contributed by atoms with van der Waals surface area (Å²) in [5.41, 5.74) is -0.207. The Hall–Kier alpha value is -1.33. The van der Waals surface area contributed by atoms with Gasteiger partial charge in [-0.25, -0.2) is 0 Å². The SMILES string of the molecule is CC1(C(=O)N2CCN(Cc3ccco3)CC2)CCCNC1. The van der Waals surface area contributed by atoms with Crippen LogP contribution in [0, 0.1) is 5.41 Å². The smallest absolute Gasteiger partial charge is 0.229 e. The second kappa shape index (κ2) is 6.20. The lowest BCUT2D eigenvalue weighted by Crippen LogP contribution is -2.55. The van der Waals surface area contributed by atoms with Gasteiger partial charge in [-0.15, -0.1) is 0 Å². The van der Waals surface area contributed by atoms with Gasteiger partial charge in [0.2, 0.25) is 5.91 Å². The summed E-state index contributed by atoms with van der Waals surface area (Å²) in [7, 11) is 0. The molecule has 0 saturated carbocycles. The maximum absolute atomic E-state index is 12.7. The van der Waals surface area contributed by atoms with Crippen molar-refractivity contribution in [2.45, 2.75) is 26.3 Å². The van der Waals surface area contributed by atoms with Crippen molar-refractivity contribution in [3.8, 4) is 0 Å². The number of carbonyl (C=O) groups excluding carboxylic acids is 1. The normalized spacial score (nSPS) is 27.8. The topological polar surface area (TPSA) is 48.7 Å². The van der Waals surface area contributed by atoms with E-state index >= 15 is 0 Å². The van der Waals surface area contributed by atoms with Gasteiger partial charge in [-0.3, -0.25) is 9.69 Å². The van der Waals surface area contributed by atoms with Crippen LogP contribution in [0.4, 0.5) is 0 Å². The number of nitrogens with one attached hydrogen (secondary N) is 1. The molecule has 1 atom stereocenters. The van der Waals surface area contributed by atoms with Crippen molar-refractivity contribution in [1.82, 2.24) is 15.1 Å². The summed E-state index contributed by atoms with van der Waals surface area (Å²) in [5.74, 6) is 1.32. The average molecular weight is 291 g/mol. The van der Waals surface area contributed by atoms with E-state index in [4.69, 9.17) is 4.42 Å². The minimum atomic E-state index is -0.207. The summed E-state index contributed by atoms with van der Waals surface area (Å²) in [5, 5.41) is 3.36. The number of carbonyl (C=O) groups is 1. The van der Waals surface area contributed by atoms with Crippen molar-refractivity contribution in [2.24, 2.45) is 5.41 Å². The fourth-order valence-corrected chi connectivity index (χ4v) is 3.35. The first-order chi connectivity index (χ1) is 10.2. The maximum atomic E-state index is 12.7. The van der Waals surface area contributed by atoms with Crippen LogP contribution in [0.1, 0.15) is 25.5 Å². The first-order valence-corrected chi connectivity index (χ1v) is 7.92. The molecular weight excluding hydrogens is 266 g/mol. The van der Waals surface area contributed by atoms with Gasteiger partial charge in [0, 0.05) is 32.7 Å². The molecule has 2 saturated heterocycles. The van der Waals surface area contributed by atoms with E-state index < -0.39 is 0 Å². The van der Waals surface area contributed by atoms with E-state index in [1.54, 1.807) is 6.26 Å². The van der Waals surface area contributed by atoms with Crippen LogP contribution in [0.15, 0.2) is 22.8 Å². The molecule has 3 heterocycles. The minimum absolute atomic E-state index is 0.207. The molecule has 3 rings (SSSR count). The number of piperidine rings is 1. The predicted octanol–water partition coefficient (Wildman–Crippen LogP) is 1.31. The molecule has 5 nitrogen and oxygen atoms in total.